The van der Waals surface area contributed by atoms with Crippen molar-refractivity contribution in [2.24, 2.45) is 17.3 Å². The molecule has 3 aliphatic rings. The first kappa shape index (κ1) is 16.1. The van der Waals surface area contributed by atoms with Gasteiger partial charge in [0.15, 0.2) is 0 Å². The molecule has 3 aliphatic carbocycles. The summed E-state index contributed by atoms with van der Waals surface area (Å²) in [5, 5.41) is 9.37. The molecule has 0 amide bonds. The van der Waals surface area contributed by atoms with Crippen LogP contribution in [0.25, 0.3) is 0 Å². The number of rotatable bonds is 3. The molecule has 3 atom stereocenters. The quantitative estimate of drug-likeness (QED) is 0.722. The number of allylic oxidation sites excluding steroid dienone is 5. The van der Waals surface area contributed by atoms with E-state index < -0.39 is 0 Å². The maximum absolute atomic E-state index is 9.37. The first-order valence-corrected chi connectivity index (χ1v) is 9.34. The summed E-state index contributed by atoms with van der Waals surface area (Å²) in [7, 11) is 0. The van der Waals surface area contributed by atoms with E-state index in [2.05, 4.69) is 25.7 Å². The molecule has 0 aromatic carbocycles. The zero-order chi connectivity index (χ0) is 15.6. The highest BCUT2D eigenvalue weighted by molar-refractivity contribution is 5.35. The Hall–Kier alpha value is -0.820. The lowest BCUT2D eigenvalue weighted by molar-refractivity contribution is 0.111. The van der Waals surface area contributed by atoms with Crippen molar-refractivity contribution in [1.29, 1.82) is 0 Å². The maximum Gasteiger partial charge on any atom is 0.0433 e. The van der Waals surface area contributed by atoms with Crippen molar-refractivity contribution in [3.8, 4) is 0 Å². The summed E-state index contributed by atoms with van der Waals surface area (Å²) in [6, 6.07) is 0. The van der Waals surface area contributed by atoms with Gasteiger partial charge in [-0.15, -0.1) is 0 Å². The molecule has 0 heterocycles. The van der Waals surface area contributed by atoms with Crippen LogP contribution in [0.3, 0.4) is 0 Å². The fourth-order valence-electron chi connectivity index (χ4n) is 5.38. The van der Waals surface area contributed by atoms with Crippen molar-refractivity contribution < 1.29 is 5.11 Å². The van der Waals surface area contributed by atoms with Gasteiger partial charge in [0.2, 0.25) is 0 Å². The van der Waals surface area contributed by atoms with Crippen molar-refractivity contribution in [2.75, 3.05) is 6.61 Å². The number of hydrogen-bond donors (Lipinski definition) is 1. The Labute approximate surface area is 136 Å². The van der Waals surface area contributed by atoms with E-state index in [0.717, 1.165) is 18.3 Å². The predicted octanol–water partition coefficient (Wildman–Crippen LogP) is 5.57. The number of aliphatic hydroxyl groups is 1. The van der Waals surface area contributed by atoms with Crippen LogP contribution in [0.15, 0.2) is 35.5 Å². The second-order valence-electron chi connectivity index (χ2n) is 7.94. The topological polar surface area (TPSA) is 20.2 Å². The average Bonchev–Trinajstić information content (AvgIpc) is 2.84. The van der Waals surface area contributed by atoms with Crippen LogP contribution in [-0.4, -0.2) is 11.7 Å². The third-order valence-corrected chi connectivity index (χ3v) is 6.77. The Morgan fingerprint density at radius 3 is 2.73 bits per heavy atom. The van der Waals surface area contributed by atoms with Crippen molar-refractivity contribution in [3.63, 3.8) is 0 Å². The third-order valence-electron chi connectivity index (χ3n) is 6.77. The zero-order valence-electron chi connectivity index (χ0n) is 14.2. The van der Waals surface area contributed by atoms with E-state index in [1.54, 1.807) is 5.57 Å². The molecule has 0 saturated heterocycles. The van der Waals surface area contributed by atoms with E-state index >= 15 is 0 Å². The molecule has 0 spiro atoms. The van der Waals surface area contributed by atoms with Gasteiger partial charge in [0.05, 0.1) is 0 Å². The summed E-state index contributed by atoms with van der Waals surface area (Å²) < 4.78 is 0. The molecule has 0 aromatic rings. The molecule has 3 fully saturated rings. The molecule has 1 heteroatoms. The van der Waals surface area contributed by atoms with Gasteiger partial charge in [-0.3, -0.25) is 0 Å². The molecular formula is C21H32O. The van der Waals surface area contributed by atoms with Gasteiger partial charge in [0, 0.05) is 6.61 Å². The third kappa shape index (κ3) is 2.97. The van der Waals surface area contributed by atoms with Gasteiger partial charge < -0.3 is 5.11 Å². The standard InChI is InChI=1S/C21H32O/c1-16-6-3-4-7-17(16)9-10-18-8-5-14-21(2)19(13-15-22)11-12-20(18)21/h9-10,19-20,22H,1,3-8,11-15H2,2H3/t19-,20+,21-/m1/s1. The highest BCUT2D eigenvalue weighted by atomic mass is 16.3. The molecule has 122 valence electrons. The molecule has 0 unspecified atom stereocenters. The van der Waals surface area contributed by atoms with Gasteiger partial charge in [-0.25, -0.2) is 0 Å². The molecule has 1 N–H and O–H groups in total. The van der Waals surface area contributed by atoms with Gasteiger partial charge in [0.1, 0.15) is 0 Å². The average molecular weight is 300 g/mol. The van der Waals surface area contributed by atoms with E-state index in [-0.39, 0.29) is 0 Å². The van der Waals surface area contributed by atoms with Crippen molar-refractivity contribution in [2.45, 2.75) is 71.1 Å². The minimum absolute atomic E-state index is 0.357. The van der Waals surface area contributed by atoms with E-state index in [1.807, 2.05) is 0 Å². The second-order valence-corrected chi connectivity index (χ2v) is 7.94. The van der Waals surface area contributed by atoms with E-state index in [9.17, 15) is 5.11 Å². The Morgan fingerprint density at radius 2 is 1.95 bits per heavy atom. The van der Waals surface area contributed by atoms with Gasteiger partial charge in [-0.1, -0.05) is 36.8 Å². The second kappa shape index (κ2) is 6.74. The number of fused-ring (bicyclic) bond motifs is 1. The SMILES string of the molecule is C=C1CCCCC1=CC=C1CCC[C@]2(C)[C@@H](CCO)CC[C@@H]12. The monoisotopic (exact) mass is 300 g/mol. The van der Waals surface area contributed by atoms with Crippen LogP contribution < -0.4 is 0 Å². The maximum atomic E-state index is 9.37. The predicted molar refractivity (Wildman–Crippen MR) is 93.6 cm³/mol. The van der Waals surface area contributed by atoms with Crippen LogP contribution in [0.1, 0.15) is 71.1 Å². The summed E-state index contributed by atoms with van der Waals surface area (Å²) >= 11 is 0. The molecule has 22 heavy (non-hydrogen) atoms. The van der Waals surface area contributed by atoms with Gasteiger partial charge in [0.25, 0.3) is 0 Å². The Kier molecular flexibility index (Phi) is 4.92. The first-order chi connectivity index (χ1) is 10.6. The van der Waals surface area contributed by atoms with Crippen molar-refractivity contribution in [1.82, 2.24) is 0 Å². The minimum Gasteiger partial charge on any atom is -0.396 e. The van der Waals surface area contributed by atoms with Crippen LogP contribution in [0.2, 0.25) is 0 Å². The molecule has 1 nitrogen and oxygen atoms in total. The van der Waals surface area contributed by atoms with Gasteiger partial charge in [-0.2, -0.15) is 0 Å². The van der Waals surface area contributed by atoms with Crippen LogP contribution in [-0.2, 0) is 0 Å². The highest BCUT2D eigenvalue weighted by Crippen LogP contribution is 2.58. The van der Waals surface area contributed by atoms with Gasteiger partial charge in [-0.05, 0) is 87.0 Å². The van der Waals surface area contributed by atoms with Crippen LogP contribution >= 0.6 is 0 Å². The summed E-state index contributed by atoms with van der Waals surface area (Å²) in [6.45, 7) is 7.10. The fraction of sp³-hybridized carbons (Fsp3) is 0.714. The van der Waals surface area contributed by atoms with Crippen LogP contribution in [0.5, 0.6) is 0 Å². The van der Waals surface area contributed by atoms with Crippen molar-refractivity contribution >= 4 is 0 Å². The van der Waals surface area contributed by atoms with Crippen molar-refractivity contribution in [3.05, 3.63) is 35.5 Å². The lowest BCUT2D eigenvalue weighted by atomic mass is 9.63. The summed E-state index contributed by atoms with van der Waals surface area (Å²) in [6.07, 6.45) is 17.5. The fourth-order valence-corrected chi connectivity index (χ4v) is 5.38. The van der Waals surface area contributed by atoms with Crippen LogP contribution in [0.4, 0.5) is 0 Å². The molecule has 0 aliphatic heterocycles. The minimum atomic E-state index is 0.357. The molecule has 0 bridgehead atoms. The Balaban J connectivity index is 1.78. The highest BCUT2D eigenvalue weighted by Gasteiger charge is 2.48. The zero-order valence-corrected chi connectivity index (χ0v) is 14.2. The molecule has 3 saturated carbocycles. The van der Waals surface area contributed by atoms with E-state index in [0.29, 0.717) is 12.0 Å². The van der Waals surface area contributed by atoms with E-state index in [4.69, 9.17) is 0 Å². The van der Waals surface area contributed by atoms with Crippen LogP contribution in [0, 0.1) is 17.3 Å². The number of aliphatic hydroxyl groups excluding tert-OH is 1. The van der Waals surface area contributed by atoms with Gasteiger partial charge >= 0.3 is 0 Å². The molecular weight excluding hydrogens is 268 g/mol. The lowest BCUT2D eigenvalue weighted by Crippen LogP contribution is -2.33. The normalized spacial score (nSPS) is 39.5. The molecule has 0 radical (unpaired) electrons. The summed E-state index contributed by atoms with van der Waals surface area (Å²) in [5.41, 5.74) is 4.98. The molecule has 0 aromatic heterocycles. The molecule has 3 rings (SSSR count). The smallest absolute Gasteiger partial charge is 0.0433 e. The largest absolute Gasteiger partial charge is 0.396 e. The number of hydrogen-bond acceptors (Lipinski definition) is 1. The Bertz CT molecular complexity index is 484. The Morgan fingerprint density at radius 1 is 1.14 bits per heavy atom. The lowest BCUT2D eigenvalue weighted by Gasteiger charge is -2.42. The summed E-state index contributed by atoms with van der Waals surface area (Å²) in [4.78, 5) is 0. The first-order valence-electron chi connectivity index (χ1n) is 9.34. The van der Waals surface area contributed by atoms with E-state index in [1.165, 1.54) is 68.9 Å². The summed E-state index contributed by atoms with van der Waals surface area (Å²) in [5.74, 6) is 1.48.